The Labute approximate surface area is 96.1 Å². The van der Waals surface area contributed by atoms with Crippen LogP contribution in [-0.4, -0.2) is 4.98 Å². The number of hydrogen-bond acceptors (Lipinski definition) is 1. The van der Waals surface area contributed by atoms with Crippen molar-refractivity contribution in [1.29, 1.82) is 0 Å². The number of aromatic amines is 1. The van der Waals surface area contributed by atoms with Gasteiger partial charge in [0.1, 0.15) is 0 Å². The Balaban J connectivity index is 1.95. The van der Waals surface area contributed by atoms with Crippen molar-refractivity contribution in [2.24, 2.45) is 0 Å². The van der Waals surface area contributed by atoms with E-state index in [1.54, 1.807) is 0 Å². The molecule has 0 aliphatic rings. The van der Waals surface area contributed by atoms with Gasteiger partial charge in [-0.2, -0.15) is 0 Å². The van der Waals surface area contributed by atoms with E-state index in [1.165, 1.54) is 10.5 Å². The first-order valence-electron chi connectivity index (χ1n) is 4.35. The van der Waals surface area contributed by atoms with Gasteiger partial charge in [0.15, 0.2) is 0 Å². The van der Waals surface area contributed by atoms with Crippen molar-refractivity contribution in [3.8, 4) is 0 Å². The van der Waals surface area contributed by atoms with Crippen LogP contribution < -0.4 is 0 Å². The first-order chi connectivity index (χ1) is 6.84. The zero-order valence-electron chi connectivity index (χ0n) is 7.53. The maximum atomic E-state index is 3.39. The molecule has 0 amide bonds. The number of nitrogens with one attached hydrogen (secondary N) is 1. The predicted molar refractivity (Wildman–Crippen MR) is 64.5 cm³/mol. The van der Waals surface area contributed by atoms with Crippen LogP contribution in [0.5, 0.6) is 0 Å². The fourth-order valence-corrected chi connectivity index (χ4v) is 2.43. The first-order valence-corrected chi connectivity index (χ1v) is 6.13. The van der Waals surface area contributed by atoms with Gasteiger partial charge in [0, 0.05) is 16.8 Å². The lowest BCUT2D eigenvalue weighted by Crippen LogP contribution is -1.74. The number of hydrogen-bond donors (Lipinski definition) is 1. The quantitative estimate of drug-likeness (QED) is 0.830. The average molecular weight is 268 g/mol. The van der Waals surface area contributed by atoms with Crippen molar-refractivity contribution in [3.05, 3.63) is 52.8 Å². The maximum Gasteiger partial charge on any atom is 0.0823 e. The lowest BCUT2D eigenvalue weighted by Gasteiger charge is -1.98. The van der Waals surface area contributed by atoms with E-state index in [0.29, 0.717) is 0 Å². The van der Waals surface area contributed by atoms with Crippen molar-refractivity contribution in [2.45, 2.75) is 10.6 Å². The fraction of sp³-hybridized carbons (Fsp3) is 0.0909. The molecular weight excluding hydrogens is 258 g/mol. The van der Waals surface area contributed by atoms with E-state index in [1.807, 2.05) is 24.0 Å². The van der Waals surface area contributed by atoms with E-state index in [4.69, 9.17) is 0 Å². The Hall–Kier alpha value is -0.670. The third-order valence-corrected chi connectivity index (χ3v) is 3.40. The number of rotatable bonds is 3. The highest BCUT2D eigenvalue weighted by molar-refractivity contribution is 9.10. The standard InChI is InChI=1S/C11H10BrNS/c12-11-6-9(7-13-11)8-14-10-4-2-1-3-5-10/h1-7,13H,8H2. The van der Waals surface area contributed by atoms with Crippen LogP contribution in [-0.2, 0) is 5.75 Å². The number of benzene rings is 1. The molecule has 0 saturated heterocycles. The largest absolute Gasteiger partial charge is 0.356 e. The minimum atomic E-state index is 1.01. The molecule has 2 aromatic rings. The normalized spacial score (nSPS) is 10.4. The summed E-state index contributed by atoms with van der Waals surface area (Å²) in [6.45, 7) is 0. The van der Waals surface area contributed by atoms with E-state index in [2.05, 4.69) is 51.2 Å². The number of thioether (sulfide) groups is 1. The molecule has 1 N–H and O–H groups in total. The molecule has 1 aromatic heterocycles. The SMILES string of the molecule is Brc1cc(CSc2ccccc2)c[nH]1. The fourth-order valence-electron chi connectivity index (χ4n) is 1.17. The zero-order chi connectivity index (χ0) is 9.80. The Bertz CT molecular complexity index is 397. The number of H-pyrrole nitrogens is 1. The van der Waals surface area contributed by atoms with Gasteiger partial charge >= 0.3 is 0 Å². The van der Waals surface area contributed by atoms with Crippen LogP contribution in [0.15, 0.2) is 52.1 Å². The summed E-state index contributed by atoms with van der Waals surface area (Å²) >= 11 is 5.24. The Morgan fingerprint density at radius 2 is 2.00 bits per heavy atom. The van der Waals surface area contributed by atoms with Gasteiger partial charge in [-0.3, -0.25) is 0 Å². The lowest BCUT2D eigenvalue weighted by molar-refractivity contribution is 1.34. The van der Waals surface area contributed by atoms with Gasteiger partial charge in [0.2, 0.25) is 0 Å². The van der Waals surface area contributed by atoms with Crippen LogP contribution in [0.1, 0.15) is 5.56 Å². The molecule has 0 aliphatic heterocycles. The number of aromatic nitrogens is 1. The molecule has 72 valence electrons. The summed E-state index contributed by atoms with van der Waals surface area (Å²) in [7, 11) is 0. The molecule has 1 heterocycles. The van der Waals surface area contributed by atoms with Crippen LogP contribution in [0.4, 0.5) is 0 Å². The smallest absolute Gasteiger partial charge is 0.0823 e. The highest BCUT2D eigenvalue weighted by Crippen LogP contribution is 2.23. The Kier molecular flexibility index (Phi) is 3.32. The van der Waals surface area contributed by atoms with E-state index >= 15 is 0 Å². The molecule has 0 radical (unpaired) electrons. The van der Waals surface area contributed by atoms with Gasteiger partial charge in [-0.15, -0.1) is 11.8 Å². The molecule has 1 aromatic carbocycles. The Morgan fingerprint density at radius 1 is 1.21 bits per heavy atom. The highest BCUT2D eigenvalue weighted by Gasteiger charge is 1.97. The molecule has 0 saturated carbocycles. The molecule has 0 aliphatic carbocycles. The van der Waals surface area contributed by atoms with E-state index in [0.717, 1.165) is 10.4 Å². The third-order valence-electron chi connectivity index (χ3n) is 1.86. The molecule has 0 spiro atoms. The first kappa shape index (κ1) is 9.87. The molecule has 0 bridgehead atoms. The number of halogens is 1. The average Bonchev–Trinajstić information content (AvgIpc) is 2.63. The summed E-state index contributed by atoms with van der Waals surface area (Å²) in [5.74, 6) is 1.01. The second-order valence-corrected chi connectivity index (χ2v) is 4.86. The summed E-state index contributed by atoms with van der Waals surface area (Å²) in [5.41, 5.74) is 1.31. The van der Waals surface area contributed by atoms with Crippen LogP contribution >= 0.6 is 27.7 Å². The van der Waals surface area contributed by atoms with Crippen molar-refractivity contribution >= 4 is 27.7 Å². The summed E-state index contributed by atoms with van der Waals surface area (Å²) in [4.78, 5) is 4.42. The Morgan fingerprint density at radius 3 is 2.64 bits per heavy atom. The second-order valence-electron chi connectivity index (χ2n) is 2.96. The van der Waals surface area contributed by atoms with Crippen molar-refractivity contribution in [3.63, 3.8) is 0 Å². The van der Waals surface area contributed by atoms with E-state index < -0.39 is 0 Å². The van der Waals surface area contributed by atoms with Gasteiger partial charge in [-0.1, -0.05) is 18.2 Å². The van der Waals surface area contributed by atoms with Gasteiger partial charge in [0.25, 0.3) is 0 Å². The molecule has 0 unspecified atom stereocenters. The van der Waals surface area contributed by atoms with Crippen LogP contribution in [0.25, 0.3) is 0 Å². The van der Waals surface area contributed by atoms with Crippen molar-refractivity contribution in [2.75, 3.05) is 0 Å². The van der Waals surface area contributed by atoms with E-state index in [9.17, 15) is 0 Å². The summed E-state index contributed by atoms with van der Waals surface area (Å²) in [6, 6.07) is 12.5. The zero-order valence-corrected chi connectivity index (χ0v) is 9.94. The van der Waals surface area contributed by atoms with Crippen molar-refractivity contribution in [1.82, 2.24) is 4.98 Å². The maximum absolute atomic E-state index is 3.39. The molecule has 0 fully saturated rings. The molecule has 3 heteroatoms. The van der Waals surface area contributed by atoms with Crippen LogP contribution in [0.2, 0.25) is 0 Å². The second kappa shape index (κ2) is 4.71. The van der Waals surface area contributed by atoms with Crippen molar-refractivity contribution < 1.29 is 0 Å². The molecule has 2 rings (SSSR count). The third kappa shape index (κ3) is 2.66. The van der Waals surface area contributed by atoms with Gasteiger partial charge < -0.3 is 4.98 Å². The summed E-state index contributed by atoms with van der Waals surface area (Å²) < 4.78 is 1.04. The monoisotopic (exact) mass is 267 g/mol. The minimum absolute atomic E-state index is 1.01. The predicted octanol–water partition coefficient (Wildman–Crippen LogP) is 4.07. The highest BCUT2D eigenvalue weighted by atomic mass is 79.9. The molecule has 14 heavy (non-hydrogen) atoms. The van der Waals surface area contributed by atoms with Gasteiger partial charge in [-0.05, 0) is 39.7 Å². The molecular formula is C11H10BrNS. The molecule has 0 atom stereocenters. The van der Waals surface area contributed by atoms with Crippen LogP contribution in [0.3, 0.4) is 0 Å². The van der Waals surface area contributed by atoms with Gasteiger partial charge in [-0.25, -0.2) is 0 Å². The van der Waals surface area contributed by atoms with Crippen LogP contribution in [0, 0.1) is 0 Å². The van der Waals surface area contributed by atoms with E-state index in [-0.39, 0.29) is 0 Å². The lowest BCUT2D eigenvalue weighted by atomic mass is 10.4. The summed E-state index contributed by atoms with van der Waals surface area (Å²) in [5, 5.41) is 0. The molecule has 1 nitrogen and oxygen atoms in total. The minimum Gasteiger partial charge on any atom is -0.356 e. The van der Waals surface area contributed by atoms with Gasteiger partial charge in [0.05, 0.1) is 4.60 Å². The topological polar surface area (TPSA) is 15.8 Å². The summed E-state index contributed by atoms with van der Waals surface area (Å²) in [6.07, 6.45) is 2.03.